The molecule has 1 heterocycles. The monoisotopic (exact) mass is 608 g/mol. The van der Waals surface area contributed by atoms with Crippen LogP contribution in [0, 0.1) is 17.2 Å². The summed E-state index contributed by atoms with van der Waals surface area (Å²) in [4.78, 5) is 15.6. The molecule has 45 heavy (non-hydrogen) atoms. The van der Waals surface area contributed by atoms with E-state index in [4.69, 9.17) is 0 Å². The Morgan fingerprint density at radius 3 is 2.47 bits per heavy atom. The van der Waals surface area contributed by atoms with Crippen molar-refractivity contribution in [2.24, 2.45) is 5.92 Å². The number of halogens is 3. The number of rotatable bonds is 9. The van der Waals surface area contributed by atoms with Crippen molar-refractivity contribution in [3.8, 4) is 11.8 Å². The van der Waals surface area contributed by atoms with Crippen molar-refractivity contribution in [3.05, 3.63) is 119 Å². The quantitative estimate of drug-likeness (QED) is 0.183. The topological polar surface area (TPSA) is 86.0 Å². The van der Waals surface area contributed by atoms with Crippen LogP contribution in [-0.2, 0) is 6.18 Å². The van der Waals surface area contributed by atoms with Crippen LogP contribution in [0.15, 0.2) is 91.0 Å². The number of anilines is 2. The molecule has 4 aromatic carbocycles. The highest BCUT2D eigenvalue weighted by Gasteiger charge is 2.36. The molecule has 1 aliphatic rings. The Labute approximate surface area is 258 Å². The van der Waals surface area contributed by atoms with Crippen LogP contribution in [0.3, 0.4) is 0 Å². The molecule has 6 rings (SSSR count). The Hall–Kier alpha value is -5.14. The largest absolute Gasteiger partial charge is 0.435 e. The molecule has 0 saturated heterocycles. The van der Waals surface area contributed by atoms with Crippen molar-refractivity contribution < 1.29 is 18.0 Å². The minimum absolute atomic E-state index is 0.167. The molecule has 7 nitrogen and oxygen atoms in total. The van der Waals surface area contributed by atoms with E-state index in [0.29, 0.717) is 11.6 Å². The summed E-state index contributed by atoms with van der Waals surface area (Å²) in [5.41, 5.74) is 2.40. The van der Waals surface area contributed by atoms with E-state index in [-0.39, 0.29) is 23.0 Å². The SMILES string of the molecule is CN(C)c1ccc(C(NCC2CC2)c2cccc(NC(=O)c3cc(C(F)(F)F)nn3-c3cccc(C#N)c3)c2)c2ccccc12. The van der Waals surface area contributed by atoms with Gasteiger partial charge in [-0.3, -0.25) is 4.79 Å². The van der Waals surface area contributed by atoms with Crippen LogP contribution in [0.4, 0.5) is 24.5 Å². The normalized spacial score (nSPS) is 13.8. The molecule has 10 heteroatoms. The number of benzene rings is 4. The Kier molecular flexibility index (Phi) is 8.04. The summed E-state index contributed by atoms with van der Waals surface area (Å²) < 4.78 is 42.0. The first-order valence-electron chi connectivity index (χ1n) is 14.6. The van der Waals surface area contributed by atoms with Gasteiger partial charge in [-0.1, -0.05) is 48.5 Å². The van der Waals surface area contributed by atoms with Gasteiger partial charge in [-0.05, 0) is 78.2 Å². The van der Waals surface area contributed by atoms with E-state index in [1.54, 1.807) is 6.07 Å². The van der Waals surface area contributed by atoms with Crippen molar-refractivity contribution in [1.82, 2.24) is 15.1 Å². The number of nitrogens with one attached hydrogen (secondary N) is 2. The Morgan fingerprint density at radius 2 is 1.76 bits per heavy atom. The van der Waals surface area contributed by atoms with Crippen LogP contribution in [0.5, 0.6) is 0 Å². The maximum absolute atomic E-state index is 13.7. The van der Waals surface area contributed by atoms with E-state index in [9.17, 15) is 23.2 Å². The Balaban J connectivity index is 1.36. The number of aromatic nitrogens is 2. The molecule has 0 spiro atoms. The molecule has 1 saturated carbocycles. The van der Waals surface area contributed by atoms with Crippen molar-refractivity contribution in [2.45, 2.75) is 25.1 Å². The fourth-order valence-electron chi connectivity index (χ4n) is 5.54. The molecule has 1 fully saturated rings. The van der Waals surface area contributed by atoms with Gasteiger partial charge >= 0.3 is 6.18 Å². The predicted molar refractivity (Wildman–Crippen MR) is 169 cm³/mol. The first-order valence-corrected chi connectivity index (χ1v) is 14.6. The van der Waals surface area contributed by atoms with Crippen molar-refractivity contribution in [2.75, 3.05) is 30.9 Å². The fraction of sp³-hybridized carbons (Fsp3) is 0.229. The molecule has 228 valence electrons. The molecule has 2 N–H and O–H groups in total. The second kappa shape index (κ2) is 12.1. The summed E-state index contributed by atoms with van der Waals surface area (Å²) in [6.45, 7) is 0.839. The van der Waals surface area contributed by atoms with Gasteiger partial charge in [0, 0.05) is 36.9 Å². The molecule has 1 atom stereocenters. The second-order valence-corrected chi connectivity index (χ2v) is 11.5. The summed E-state index contributed by atoms with van der Waals surface area (Å²) in [6.07, 6.45) is -2.40. The van der Waals surface area contributed by atoms with Gasteiger partial charge in [0.05, 0.1) is 23.4 Å². The van der Waals surface area contributed by atoms with Crippen molar-refractivity contribution in [3.63, 3.8) is 0 Å². The van der Waals surface area contributed by atoms with E-state index in [0.717, 1.165) is 44.9 Å². The minimum Gasteiger partial charge on any atom is -0.377 e. The molecule has 1 unspecified atom stereocenters. The van der Waals surface area contributed by atoms with Gasteiger partial charge < -0.3 is 15.5 Å². The van der Waals surface area contributed by atoms with Gasteiger partial charge in [-0.2, -0.15) is 23.5 Å². The molecule has 1 amide bonds. The van der Waals surface area contributed by atoms with Crippen molar-refractivity contribution in [1.29, 1.82) is 5.26 Å². The molecule has 0 radical (unpaired) electrons. The molecular weight excluding hydrogens is 577 g/mol. The number of hydrogen-bond acceptors (Lipinski definition) is 5. The number of amides is 1. The zero-order valence-electron chi connectivity index (χ0n) is 24.8. The lowest BCUT2D eigenvalue weighted by atomic mass is 9.92. The van der Waals surface area contributed by atoms with Crippen molar-refractivity contribution >= 4 is 28.1 Å². The lowest BCUT2D eigenvalue weighted by Crippen LogP contribution is -2.25. The maximum Gasteiger partial charge on any atom is 0.435 e. The Bertz CT molecular complexity index is 1920. The minimum atomic E-state index is -4.77. The predicted octanol–water partition coefficient (Wildman–Crippen LogP) is 7.32. The van der Waals surface area contributed by atoms with Crippen LogP contribution in [0.2, 0.25) is 0 Å². The lowest BCUT2D eigenvalue weighted by Gasteiger charge is -2.24. The van der Waals surface area contributed by atoms with Crippen LogP contribution >= 0.6 is 0 Å². The van der Waals surface area contributed by atoms with Crippen LogP contribution in [0.25, 0.3) is 16.5 Å². The third kappa shape index (κ3) is 6.40. The number of carbonyl (C=O) groups excluding carboxylic acids is 1. The van der Waals surface area contributed by atoms with Gasteiger partial charge in [-0.15, -0.1) is 0 Å². The molecular formula is C35H31F3N6O. The van der Waals surface area contributed by atoms with Gasteiger partial charge in [-0.25, -0.2) is 4.68 Å². The van der Waals surface area contributed by atoms with E-state index in [2.05, 4.69) is 44.9 Å². The third-order valence-corrected chi connectivity index (χ3v) is 7.97. The van der Waals surface area contributed by atoms with Crippen LogP contribution in [-0.4, -0.2) is 36.3 Å². The first kappa shape index (κ1) is 29.9. The summed E-state index contributed by atoms with van der Waals surface area (Å²) in [5.74, 6) is -0.147. The number of carbonyl (C=O) groups is 1. The van der Waals surface area contributed by atoms with E-state index in [1.165, 1.54) is 37.1 Å². The standard InChI is InChI=1S/C35H31F3N6O/c1-43(2)30-16-15-29(27-11-3-4-12-28(27)30)33(40-21-22-13-14-22)24-8-6-9-25(18-24)41-34(45)31-19-32(35(36,37)38)42-44(31)26-10-5-7-23(17-26)20-39/h3-12,15-19,22,33,40H,13-14,21H2,1-2H3,(H,41,45). The van der Waals surface area contributed by atoms with Crippen LogP contribution < -0.4 is 15.5 Å². The molecule has 1 aliphatic carbocycles. The maximum atomic E-state index is 13.7. The zero-order chi connectivity index (χ0) is 31.7. The van der Waals surface area contributed by atoms with Gasteiger partial charge in [0.25, 0.3) is 5.91 Å². The zero-order valence-corrected chi connectivity index (χ0v) is 24.8. The van der Waals surface area contributed by atoms with E-state index >= 15 is 0 Å². The number of hydrogen-bond donors (Lipinski definition) is 2. The van der Waals surface area contributed by atoms with E-state index < -0.39 is 17.8 Å². The molecule has 1 aromatic heterocycles. The number of nitriles is 1. The third-order valence-electron chi connectivity index (χ3n) is 7.97. The number of fused-ring (bicyclic) bond motifs is 1. The number of alkyl halides is 3. The fourth-order valence-corrected chi connectivity index (χ4v) is 5.54. The summed E-state index contributed by atoms with van der Waals surface area (Å²) >= 11 is 0. The van der Waals surface area contributed by atoms with E-state index in [1.807, 2.05) is 50.5 Å². The smallest absolute Gasteiger partial charge is 0.377 e. The molecule has 0 aliphatic heterocycles. The highest BCUT2D eigenvalue weighted by molar-refractivity contribution is 6.03. The van der Waals surface area contributed by atoms with Gasteiger partial charge in [0.2, 0.25) is 0 Å². The first-order chi connectivity index (χ1) is 21.6. The average Bonchev–Trinajstić information content (AvgIpc) is 3.74. The van der Waals surface area contributed by atoms with Crippen LogP contribution in [0.1, 0.15) is 51.8 Å². The highest BCUT2D eigenvalue weighted by Crippen LogP contribution is 2.36. The molecule has 5 aromatic rings. The Morgan fingerprint density at radius 1 is 1.00 bits per heavy atom. The van der Waals surface area contributed by atoms with Gasteiger partial charge in [0.1, 0.15) is 5.69 Å². The lowest BCUT2D eigenvalue weighted by molar-refractivity contribution is -0.141. The molecule has 0 bridgehead atoms. The highest BCUT2D eigenvalue weighted by atomic mass is 19.4. The number of nitrogens with zero attached hydrogens (tertiary/aromatic N) is 4. The van der Waals surface area contributed by atoms with Gasteiger partial charge in [0.15, 0.2) is 5.69 Å². The second-order valence-electron chi connectivity index (χ2n) is 11.5. The summed E-state index contributed by atoms with van der Waals surface area (Å²) in [7, 11) is 4.03. The summed E-state index contributed by atoms with van der Waals surface area (Å²) in [5, 5.41) is 21.7. The average molecular weight is 609 g/mol. The summed E-state index contributed by atoms with van der Waals surface area (Å²) in [6, 6.07) is 28.2.